The van der Waals surface area contributed by atoms with Gasteiger partial charge in [0.05, 0.1) is 0 Å². The van der Waals surface area contributed by atoms with E-state index in [-0.39, 0.29) is 0 Å². The van der Waals surface area contributed by atoms with E-state index in [1.54, 1.807) is 0 Å². The maximum Gasteiger partial charge on any atom is 0.0485 e. The summed E-state index contributed by atoms with van der Waals surface area (Å²) in [5, 5.41) is 2.65. The van der Waals surface area contributed by atoms with Gasteiger partial charge in [0.1, 0.15) is 0 Å². The van der Waals surface area contributed by atoms with Gasteiger partial charge in [0.2, 0.25) is 0 Å². The van der Waals surface area contributed by atoms with Crippen molar-refractivity contribution in [3.05, 3.63) is 167 Å². The van der Waals surface area contributed by atoms with Crippen LogP contribution in [0, 0.1) is 0 Å². The van der Waals surface area contributed by atoms with Gasteiger partial charge in [-0.25, -0.2) is 0 Å². The number of allylic oxidation sites excluding steroid dienone is 6. The highest BCUT2D eigenvalue weighted by atomic mass is 15.1. The van der Waals surface area contributed by atoms with Crippen molar-refractivity contribution < 1.29 is 0 Å². The van der Waals surface area contributed by atoms with Gasteiger partial charge in [0, 0.05) is 84.9 Å². The second-order valence-corrected chi connectivity index (χ2v) is 15.1. The summed E-state index contributed by atoms with van der Waals surface area (Å²) in [4.78, 5) is 4.79. The van der Waals surface area contributed by atoms with Crippen molar-refractivity contribution in [3.63, 3.8) is 0 Å². The zero-order valence-electron chi connectivity index (χ0n) is 32.5. The molecule has 5 aromatic rings. The van der Waals surface area contributed by atoms with Crippen LogP contribution in [0.3, 0.4) is 0 Å². The number of hydrogen-bond acceptors (Lipinski definition) is 2. The Labute approximate surface area is 323 Å². The number of nitrogens with zero attached hydrogens (tertiary/aromatic N) is 4. The third kappa shape index (κ3) is 9.65. The Hall–Kier alpha value is -5.22. The SMILES string of the molecule is CCCCCCn1c(C=CC2=CCN(Cc3cccc(CN4C=CC(C=Cc5cc6ccccc6n5CCCCCC)=CC4)c3)C=C2)cc2ccccc21. The molecule has 0 fully saturated rings. The molecule has 0 aliphatic carbocycles. The van der Waals surface area contributed by atoms with Crippen LogP contribution in [-0.2, 0) is 26.2 Å². The molecule has 2 aliphatic heterocycles. The summed E-state index contributed by atoms with van der Waals surface area (Å²) in [6.45, 7) is 10.3. The molecule has 3 aromatic carbocycles. The number of benzene rings is 3. The van der Waals surface area contributed by atoms with Crippen molar-refractivity contribution in [1.82, 2.24) is 18.9 Å². The molecule has 0 atom stereocenters. The molecule has 278 valence electrons. The zero-order chi connectivity index (χ0) is 37.0. The molecule has 0 unspecified atom stereocenters. The summed E-state index contributed by atoms with van der Waals surface area (Å²) in [5.74, 6) is 0. The highest BCUT2D eigenvalue weighted by Gasteiger charge is 2.11. The first kappa shape index (κ1) is 37.1. The van der Waals surface area contributed by atoms with Gasteiger partial charge in [0.25, 0.3) is 0 Å². The van der Waals surface area contributed by atoms with Gasteiger partial charge < -0.3 is 18.9 Å². The molecule has 0 saturated heterocycles. The number of rotatable bonds is 18. The smallest absolute Gasteiger partial charge is 0.0485 e. The minimum absolute atomic E-state index is 0.907. The van der Waals surface area contributed by atoms with Crippen LogP contribution in [0.25, 0.3) is 34.0 Å². The minimum atomic E-state index is 0.907. The van der Waals surface area contributed by atoms with Gasteiger partial charge in [-0.15, -0.1) is 0 Å². The van der Waals surface area contributed by atoms with Crippen molar-refractivity contribution in [2.75, 3.05) is 13.1 Å². The quantitative estimate of drug-likeness (QED) is 0.0840. The van der Waals surface area contributed by atoms with Gasteiger partial charge >= 0.3 is 0 Å². The number of hydrogen-bond donors (Lipinski definition) is 0. The van der Waals surface area contributed by atoms with Crippen molar-refractivity contribution >= 4 is 34.0 Å². The van der Waals surface area contributed by atoms with E-state index in [0.717, 1.165) is 39.3 Å². The van der Waals surface area contributed by atoms with Crippen molar-refractivity contribution in [2.24, 2.45) is 0 Å². The average Bonchev–Trinajstić information content (AvgIpc) is 3.75. The Bertz CT molecular complexity index is 2030. The van der Waals surface area contributed by atoms with Gasteiger partial charge in [-0.1, -0.05) is 137 Å². The Kier molecular flexibility index (Phi) is 12.8. The maximum atomic E-state index is 2.50. The molecule has 7 rings (SSSR count). The van der Waals surface area contributed by atoms with Crippen LogP contribution in [-0.4, -0.2) is 32.0 Å². The number of fused-ring (bicyclic) bond motifs is 2. The van der Waals surface area contributed by atoms with Crippen LogP contribution in [0.15, 0.2) is 145 Å². The van der Waals surface area contributed by atoms with Crippen molar-refractivity contribution in [3.8, 4) is 0 Å². The lowest BCUT2D eigenvalue weighted by Crippen LogP contribution is -2.20. The van der Waals surface area contributed by atoms with E-state index >= 15 is 0 Å². The van der Waals surface area contributed by atoms with Gasteiger partial charge in [-0.05, 0) is 83.7 Å². The number of aromatic nitrogens is 2. The lowest BCUT2D eigenvalue weighted by molar-refractivity contribution is 0.397. The molecule has 0 N–H and O–H groups in total. The monoisotopic (exact) mass is 714 g/mol. The second kappa shape index (κ2) is 18.7. The van der Waals surface area contributed by atoms with E-state index in [1.165, 1.54) is 107 Å². The first-order chi connectivity index (χ1) is 26.7. The van der Waals surface area contributed by atoms with Crippen LogP contribution in [0.1, 0.15) is 87.7 Å². The van der Waals surface area contributed by atoms with Gasteiger partial charge in [0.15, 0.2) is 0 Å². The van der Waals surface area contributed by atoms with Crippen LogP contribution >= 0.6 is 0 Å². The summed E-state index contributed by atoms with van der Waals surface area (Å²) in [7, 11) is 0. The topological polar surface area (TPSA) is 16.3 Å². The Morgan fingerprint density at radius 3 is 1.43 bits per heavy atom. The van der Waals surface area contributed by atoms with Crippen LogP contribution < -0.4 is 0 Å². The highest BCUT2D eigenvalue weighted by molar-refractivity contribution is 5.84. The predicted octanol–water partition coefficient (Wildman–Crippen LogP) is 12.7. The van der Waals surface area contributed by atoms with Gasteiger partial charge in [-0.3, -0.25) is 0 Å². The molecule has 0 bridgehead atoms. The van der Waals surface area contributed by atoms with Crippen molar-refractivity contribution in [2.45, 2.75) is 91.4 Å². The van der Waals surface area contributed by atoms with Crippen LogP contribution in [0.5, 0.6) is 0 Å². The summed E-state index contributed by atoms with van der Waals surface area (Å²) >= 11 is 0. The van der Waals surface area contributed by atoms with Crippen LogP contribution in [0.2, 0.25) is 0 Å². The third-order valence-electron chi connectivity index (χ3n) is 10.9. The van der Waals surface area contributed by atoms with E-state index in [9.17, 15) is 0 Å². The zero-order valence-corrected chi connectivity index (χ0v) is 32.5. The Morgan fingerprint density at radius 2 is 0.981 bits per heavy atom. The normalized spacial score (nSPS) is 14.7. The fourth-order valence-electron chi connectivity index (χ4n) is 7.86. The molecule has 2 aliphatic rings. The molecule has 2 aromatic heterocycles. The fourth-order valence-corrected chi connectivity index (χ4v) is 7.86. The molecule has 0 radical (unpaired) electrons. The third-order valence-corrected chi connectivity index (χ3v) is 10.9. The summed E-state index contributed by atoms with van der Waals surface area (Å²) in [6, 6.07) is 31.3. The number of aryl methyl sites for hydroxylation is 2. The molecular weight excluding hydrogens is 657 g/mol. The highest BCUT2D eigenvalue weighted by Crippen LogP contribution is 2.25. The predicted molar refractivity (Wildman–Crippen MR) is 232 cm³/mol. The largest absolute Gasteiger partial charge is 0.369 e. The summed E-state index contributed by atoms with van der Waals surface area (Å²) in [5.41, 5.74) is 10.5. The minimum Gasteiger partial charge on any atom is -0.369 e. The van der Waals surface area contributed by atoms with E-state index < -0.39 is 0 Å². The summed E-state index contributed by atoms with van der Waals surface area (Å²) < 4.78 is 5.00. The molecule has 0 saturated carbocycles. The first-order valence-electron chi connectivity index (χ1n) is 20.5. The first-order valence-corrected chi connectivity index (χ1v) is 20.5. The molecule has 4 heteroatoms. The van der Waals surface area contributed by atoms with E-state index in [2.05, 4.69) is 179 Å². The van der Waals surface area contributed by atoms with Gasteiger partial charge in [-0.2, -0.15) is 0 Å². The lowest BCUT2D eigenvalue weighted by Gasteiger charge is -2.24. The number of para-hydroxylation sites is 2. The average molecular weight is 715 g/mol. The Morgan fingerprint density at radius 1 is 0.500 bits per heavy atom. The summed E-state index contributed by atoms with van der Waals surface area (Å²) in [6.07, 6.45) is 33.1. The lowest BCUT2D eigenvalue weighted by atomic mass is 10.1. The molecule has 4 heterocycles. The van der Waals surface area contributed by atoms with E-state index in [1.807, 2.05) is 0 Å². The molecule has 0 spiro atoms. The molecular formula is C50H58N4. The second-order valence-electron chi connectivity index (χ2n) is 15.1. The fraction of sp³-hybridized carbons (Fsp3) is 0.320. The van der Waals surface area contributed by atoms with E-state index in [0.29, 0.717) is 0 Å². The standard InChI is InChI=1S/C50H58N4/c1-3-5-7-13-30-53-47(37-45-18-9-11-20-49(45)53)24-22-41-26-32-51(33-27-41)39-43-16-15-17-44(36-43)40-52-34-28-42(29-35-52)23-25-48-38-46-19-10-12-21-50(46)54(48)31-14-8-6-4-2/h9-12,15-29,32,34,36-38H,3-8,13-14,30-31,33,35,39-40H2,1-2H3. The maximum absolute atomic E-state index is 2.50. The molecule has 0 amide bonds. The van der Waals surface area contributed by atoms with Crippen LogP contribution in [0.4, 0.5) is 0 Å². The molecule has 4 nitrogen and oxygen atoms in total. The number of unbranched alkanes of at least 4 members (excludes halogenated alkanes) is 6. The van der Waals surface area contributed by atoms with Crippen molar-refractivity contribution in [1.29, 1.82) is 0 Å². The Balaban J connectivity index is 0.911. The molecule has 54 heavy (non-hydrogen) atoms. The van der Waals surface area contributed by atoms with E-state index in [4.69, 9.17) is 0 Å².